The first-order chi connectivity index (χ1) is 13.4. The van der Waals surface area contributed by atoms with Gasteiger partial charge in [-0.15, -0.1) is 0 Å². The number of ether oxygens (including phenoxy) is 1. The van der Waals surface area contributed by atoms with E-state index >= 15 is 0 Å². The summed E-state index contributed by atoms with van der Waals surface area (Å²) in [6.07, 6.45) is 3.21. The molecule has 0 radical (unpaired) electrons. The van der Waals surface area contributed by atoms with Crippen LogP contribution in [0.15, 0.2) is 18.2 Å². The number of fused-ring (bicyclic) bond motifs is 1. The number of carbonyl (C=O) groups is 2. The van der Waals surface area contributed by atoms with E-state index in [0.29, 0.717) is 18.6 Å². The summed E-state index contributed by atoms with van der Waals surface area (Å²) in [6.45, 7) is 1.60. The van der Waals surface area contributed by atoms with Crippen molar-refractivity contribution in [3.05, 3.63) is 23.8 Å². The van der Waals surface area contributed by atoms with Crippen LogP contribution in [0.2, 0.25) is 0 Å². The third-order valence-corrected chi connectivity index (χ3v) is 7.34. The summed E-state index contributed by atoms with van der Waals surface area (Å²) in [7, 11) is -3.14. The van der Waals surface area contributed by atoms with Crippen LogP contribution in [0.5, 0.6) is 5.75 Å². The molecule has 3 heterocycles. The zero-order chi connectivity index (χ0) is 19.7. The molecule has 2 unspecified atom stereocenters. The van der Waals surface area contributed by atoms with Gasteiger partial charge in [-0.1, -0.05) is 0 Å². The number of anilines is 1. The third kappa shape index (κ3) is 4.30. The first kappa shape index (κ1) is 19.2. The number of rotatable bonds is 5. The van der Waals surface area contributed by atoms with Crippen molar-refractivity contribution >= 4 is 27.3 Å². The van der Waals surface area contributed by atoms with Gasteiger partial charge in [-0.05, 0) is 56.1 Å². The number of benzene rings is 1. The smallest absolute Gasteiger partial charge is 0.258 e. The van der Waals surface area contributed by atoms with Crippen LogP contribution in [0.1, 0.15) is 24.8 Å². The summed E-state index contributed by atoms with van der Waals surface area (Å²) in [5.41, 5.74) is 1.76. The predicted molar refractivity (Wildman–Crippen MR) is 104 cm³/mol. The molecular weight excluding hydrogens is 382 g/mol. The number of carbonyl (C=O) groups excluding carboxylic acids is 2. The van der Waals surface area contributed by atoms with Gasteiger partial charge in [-0.3, -0.25) is 14.5 Å². The van der Waals surface area contributed by atoms with Crippen LogP contribution >= 0.6 is 0 Å². The average molecular weight is 407 g/mol. The molecule has 2 saturated heterocycles. The average Bonchev–Trinajstić information content (AvgIpc) is 3.27. The van der Waals surface area contributed by atoms with Crippen LogP contribution in [-0.4, -0.2) is 68.4 Å². The minimum absolute atomic E-state index is 0.000353. The monoisotopic (exact) mass is 407 g/mol. The summed E-state index contributed by atoms with van der Waals surface area (Å²) < 4.78 is 29.8. The molecule has 8 nitrogen and oxygen atoms in total. The molecule has 0 saturated carbocycles. The lowest BCUT2D eigenvalue weighted by Crippen LogP contribution is -2.51. The van der Waals surface area contributed by atoms with Crippen molar-refractivity contribution in [1.82, 2.24) is 10.2 Å². The minimum Gasteiger partial charge on any atom is -0.484 e. The van der Waals surface area contributed by atoms with Crippen LogP contribution in [-0.2, 0) is 25.8 Å². The predicted octanol–water partition coefficient (Wildman–Crippen LogP) is 0.328. The molecule has 0 aromatic heterocycles. The van der Waals surface area contributed by atoms with Gasteiger partial charge >= 0.3 is 0 Å². The molecule has 2 atom stereocenters. The molecule has 2 fully saturated rings. The maximum Gasteiger partial charge on any atom is 0.258 e. The number of amides is 2. The molecule has 1 aromatic rings. The Kier molecular flexibility index (Phi) is 5.29. The molecule has 4 rings (SSSR count). The summed E-state index contributed by atoms with van der Waals surface area (Å²) in [4.78, 5) is 26.0. The van der Waals surface area contributed by atoms with Crippen molar-refractivity contribution in [2.24, 2.45) is 0 Å². The molecule has 1 aromatic carbocycles. The molecule has 9 heteroatoms. The minimum atomic E-state index is -3.14. The second-order valence-corrected chi connectivity index (χ2v) is 9.87. The van der Waals surface area contributed by atoms with Crippen molar-refractivity contribution in [1.29, 1.82) is 0 Å². The molecule has 3 aliphatic heterocycles. The zero-order valence-electron chi connectivity index (χ0n) is 15.6. The first-order valence-corrected chi connectivity index (χ1v) is 11.5. The van der Waals surface area contributed by atoms with Crippen molar-refractivity contribution in [3.8, 4) is 5.75 Å². The summed E-state index contributed by atoms with van der Waals surface area (Å²) in [6, 6.07) is 4.77. The molecule has 3 aliphatic rings. The summed E-state index contributed by atoms with van der Waals surface area (Å²) in [5, 5.41) is 5.66. The van der Waals surface area contributed by atoms with E-state index in [4.69, 9.17) is 4.74 Å². The molecule has 2 N–H and O–H groups in total. The number of nitrogens with zero attached hydrogens (tertiary/aromatic N) is 1. The SMILES string of the molecule is O=C1CCc2cc(OCC(=O)NC3CS(=O)(=O)CC3N3CCCC3)ccc2N1. The number of nitrogens with one attached hydrogen (secondary N) is 2. The Morgan fingerprint density at radius 2 is 2.00 bits per heavy atom. The van der Waals surface area contributed by atoms with Crippen molar-refractivity contribution < 1.29 is 22.7 Å². The van der Waals surface area contributed by atoms with Crippen molar-refractivity contribution in [2.45, 2.75) is 37.8 Å². The molecule has 0 bridgehead atoms. The van der Waals surface area contributed by atoms with E-state index in [-0.39, 0.29) is 36.0 Å². The van der Waals surface area contributed by atoms with Gasteiger partial charge in [-0.2, -0.15) is 0 Å². The Hall–Kier alpha value is -2.13. The lowest BCUT2D eigenvalue weighted by molar-refractivity contribution is -0.124. The van der Waals surface area contributed by atoms with Gasteiger partial charge in [0, 0.05) is 18.2 Å². The lowest BCUT2D eigenvalue weighted by atomic mass is 10.0. The van der Waals surface area contributed by atoms with Crippen LogP contribution in [0.4, 0.5) is 5.69 Å². The Morgan fingerprint density at radius 1 is 1.21 bits per heavy atom. The number of sulfone groups is 1. The molecule has 0 spiro atoms. The standard InChI is InChI=1S/C19H25N3O5S/c23-18-6-3-13-9-14(4-5-15(13)20-18)27-10-19(24)21-16-11-28(25,26)12-17(16)22-7-1-2-8-22/h4-5,9,16-17H,1-3,6-8,10-12H2,(H,20,23)(H,21,24). The van der Waals surface area contributed by atoms with Crippen molar-refractivity contribution in [2.75, 3.05) is 36.5 Å². The molecule has 28 heavy (non-hydrogen) atoms. The van der Waals surface area contributed by atoms with E-state index < -0.39 is 15.9 Å². The largest absolute Gasteiger partial charge is 0.484 e. The molecule has 152 valence electrons. The molecule has 2 amide bonds. The van der Waals surface area contributed by atoms with Gasteiger partial charge in [0.05, 0.1) is 17.5 Å². The Bertz CT molecular complexity index is 880. The van der Waals surface area contributed by atoms with Crippen molar-refractivity contribution in [3.63, 3.8) is 0 Å². The van der Waals surface area contributed by atoms with Gasteiger partial charge in [0.2, 0.25) is 5.91 Å². The number of likely N-dealkylation sites (tertiary alicyclic amines) is 1. The highest BCUT2D eigenvalue weighted by molar-refractivity contribution is 7.91. The zero-order valence-corrected chi connectivity index (χ0v) is 16.5. The van der Waals surface area contributed by atoms with Crippen LogP contribution < -0.4 is 15.4 Å². The maximum atomic E-state index is 12.4. The Morgan fingerprint density at radius 3 is 2.79 bits per heavy atom. The number of hydrogen-bond acceptors (Lipinski definition) is 6. The third-order valence-electron chi connectivity index (χ3n) is 5.62. The van der Waals surface area contributed by atoms with E-state index in [0.717, 1.165) is 37.2 Å². The van der Waals surface area contributed by atoms with Crippen LogP contribution in [0.3, 0.4) is 0 Å². The molecule has 0 aliphatic carbocycles. The summed E-state index contributed by atoms with van der Waals surface area (Å²) in [5.74, 6) is 0.325. The van der Waals surface area contributed by atoms with E-state index in [9.17, 15) is 18.0 Å². The first-order valence-electron chi connectivity index (χ1n) is 9.69. The fourth-order valence-electron chi connectivity index (χ4n) is 4.25. The quantitative estimate of drug-likeness (QED) is 0.729. The topological polar surface area (TPSA) is 105 Å². The number of hydrogen-bond donors (Lipinski definition) is 2. The maximum absolute atomic E-state index is 12.4. The normalized spacial score (nSPS) is 26.5. The van der Waals surface area contributed by atoms with Gasteiger partial charge in [0.15, 0.2) is 16.4 Å². The highest BCUT2D eigenvalue weighted by atomic mass is 32.2. The fraction of sp³-hybridized carbons (Fsp3) is 0.579. The molecular formula is C19H25N3O5S. The van der Waals surface area contributed by atoms with Crippen LogP contribution in [0.25, 0.3) is 0 Å². The van der Waals surface area contributed by atoms with Crippen LogP contribution in [0, 0.1) is 0 Å². The van der Waals surface area contributed by atoms with Gasteiger partial charge in [0.25, 0.3) is 5.91 Å². The van der Waals surface area contributed by atoms with E-state index in [2.05, 4.69) is 15.5 Å². The Balaban J connectivity index is 1.34. The Labute approximate surface area is 164 Å². The fourth-order valence-corrected chi connectivity index (χ4v) is 6.20. The van der Waals surface area contributed by atoms with Gasteiger partial charge in [-0.25, -0.2) is 8.42 Å². The van der Waals surface area contributed by atoms with Gasteiger partial charge in [0.1, 0.15) is 5.75 Å². The second-order valence-electron chi connectivity index (χ2n) is 7.72. The van der Waals surface area contributed by atoms with E-state index in [1.165, 1.54) is 0 Å². The van der Waals surface area contributed by atoms with E-state index in [1.54, 1.807) is 12.1 Å². The van der Waals surface area contributed by atoms with Gasteiger partial charge < -0.3 is 15.4 Å². The summed E-state index contributed by atoms with van der Waals surface area (Å²) >= 11 is 0. The lowest BCUT2D eigenvalue weighted by Gasteiger charge is -2.28. The van der Waals surface area contributed by atoms with E-state index in [1.807, 2.05) is 6.07 Å². The number of aryl methyl sites for hydroxylation is 1. The highest BCUT2D eigenvalue weighted by Gasteiger charge is 2.42. The highest BCUT2D eigenvalue weighted by Crippen LogP contribution is 2.27. The second kappa shape index (κ2) is 7.71.